The Kier molecular flexibility index (Phi) is 1.82. The highest BCUT2D eigenvalue weighted by Gasteiger charge is 2.61. The number of sulfone groups is 1. The fourth-order valence-electron chi connectivity index (χ4n) is 3.47. The molecule has 0 aromatic heterocycles. The standard InChI is InChI=1S/C10H13ClO2S/c11-10-9-6-3-1-2-4-7(9)8(6)5-14(10,12)13/h1-2,6-10H,3-5H2. The number of alkyl halides is 1. The van der Waals surface area contributed by atoms with Gasteiger partial charge in [0.25, 0.3) is 0 Å². The Morgan fingerprint density at radius 2 is 1.64 bits per heavy atom. The molecule has 1 saturated carbocycles. The van der Waals surface area contributed by atoms with Gasteiger partial charge in [0.15, 0.2) is 9.84 Å². The van der Waals surface area contributed by atoms with E-state index >= 15 is 0 Å². The summed E-state index contributed by atoms with van der Waals surface area (Å²) in [6, 6.07) is 0. The van der Waals surface area contributed by atoms with Crippen molar-refractivity contribution in [3.05, 3.63) is 12.2 Å². The molecule has 2 heterocycles. The Labute approximate surface area is 89.2 Å². The van der Waals surface area contributed by atoms with Crippen molar-refractivity contribution in [2.45, 2.75) is 17.6 Å². The minimum Gasteiger partial charge on any atom is -0.227 e. The van der Waals surface area contributed by atoms with E-state index in [-0.39, 0.29) is 5.92 Å². The molecule has 2 saturated heterocycles. The monoisotopic (exact) mass is 232 g/mol. The van der Waals surface area contributed by atoms with Crippen LogP contribution in [0.1, 0.15) is 12.8 Å². The first-order chi connectivity index (χ1) is 6.61. The van der Waals surface area contributed by atoms with Gasteiger partial charge in [0.05, 0.1) is 5.75 Å². The molecule has 0 amide bonds. The van der Waals surface area contributed by atoms with Crippen LogP contribution in [0.15, 0.2) is 12.2 Å². The van der Waals surface area contributed by atoms with Crippen molar-refractivity contribution < 1.29 is 8.42 Å². The quantitative estimate of drug-likeness (QED) is 0.472. The van der Waals surface area contributed by atoms with Crippen LogP contribution in [-0.2, 0) is 9.84 Å². The van der Waals surface area contributed by atoms with Gasteiger partial charge in [-0.15, -0.1) is 11.6 Å². The van der Waals surface area contributed by atoms with Gasteiger partial charge in [-0.25, -0.2) is 8.42 Å². The average Bonchev–Trinajstić information content (AvgIpc) is 2.43. The molecule has 0 spiro atoms. The van der Waals surface area contributed by atoms with Crippen LogP contribution in [0.25, 0.3) is 0 Å². The highest BCUT2D eigenvalue weighted by Crippen LogP contribution is 2.59. The predicted octanol–water partition coefficient (Wildman–Crippen LogP) is 1.81. The Morgan fingerprint density at radius 1 is 1.07 bits per heavy atom. The molecule has 4 heteroatoms. The van der Waals surface area contributed by atoms with Crippen molar-refractivity contribution >= 4 is 21.4 Å². The second-order valence-electron chi connectivity index (χ2n) is 4.69. The lowest BCUT2D eigenvalue weighted by atomic mass is 9.56. The van der Waals surface area contributed by atoms with E-state index in [4.69, 9.17) is 11.6 Å². The van der Waals surface area contributed by atoms with Gasteiger partial charge in [-0.2, -0.15) is 0 Å². The maximum Gasteiger partial charge on any atom is 0.167 e. The third-order valence-corrected chi connectivity index (χ3v) is 7.10. The molecule has 0 N–H and O–H groups in total. The summed E-state index contributed by atoms with van der Waals surface area (Å²) in [7, 11) is -2.98. The topological polar surface area (TPSA) is 34.1 Å². The lowest BCUT2D eigenvalue weighted by molar-refractivity contribution is -0.000865. The Bertz CT molecular complexity index is 371. The summed E-state index contributed by atoms with van der Waals surface area (Å²) in [5, 5.41) is 0. The molecular formula is C10H13ClO2S. The zero-order valence-corrected chi connectivity index (χ0v) is 9.34. The molecule has 3 fully saturated rings. The molecule has 2 aliphatic carbocycles. The minimum atomic E-state index is -2.98. The normalized spacial score (nSPS) is 53.4. The van der Waals surface area contributed by atoms with E-state index in [2.05, 4.69) is 12.2 Å². The van der Waals surface area contributed by atoms with E-state index in [1.807, 2.05) is 0 Å². The van der Waals surface area contributed by atoms with Crippen LogP contribution in [0.2, 0.25) is 0 Å². The second-order valence-corrected chi connectivity index (χ2v) is 7.59. The maximum atomic E-state index is 11.6. The Hall–Kier alpha value is -0.0200. The molecule has 4 aliphatic rings. The largest absolute Gasteiger partial charge is 0.227 e. The van der Waals surface area contributed by atoms with Gasteiger partial charge >= 0.3 is 0 Å². The van der Waals surface area contributed by atoms with E-state index in [0.717, 1.165) is 12.8 Å². The summed E-state index contributed by atoms with van der Waals surface area (Å²) in [6.45, 7) is 0. The van der Waals surface area contributed by atoms with Crippen molar-refractivity contribution in [2.75, 3.05) is 5.75 Å². The van der Waals surface area contributed by atoms with Gasteiger partial charge in [0.1, 0.15) is 4.71 Å². The van der Waals surface area contributed by atoms with Crippen LogP contribution in [0.5, 0.6) is 0 Å². The summed E-state index contributed by atoms with van der Waals surface area (Å²) in [6.07, 6.45) is 6.45. The lowest BCUT2D eigenvalue weighted by Crippen LogP contribution is -2.60. The summed E-state index contributed by atoms with van der Waals surface area (Å²) >= 11 is 6.06. The number of rotatable bonds is 0. The average molecular weight is 233 g/mol. The molecular weight excluding hydrogens is 220 g/mol. The van der Waals surface area contributed by atoms with Crippen molar-refractivity contribution in [3.63, 3.8) is 0 Å². The molecule has 4 rings (SSSR count). The lowest BCUT2D eigenvalue weighted by Gasteiger charge is -2.56. The first kappa shape index (κ1) is 9.22. The van der Waals surface area contributed by atoms with Gasteiger partial charge in [0.2, 0.25) is 0 Å². The van der Waals surface area contributed by atoms with Gasteiger partial charge in [-0.1, -0.05) is 12.2 Å². The number of allylic oxidation sites excluding steroid dienone is 2. The second kappa shape index (κ2) is 2.76. The third-order valence-electron chi connectivity index (χ3n) is 4.14. The third kappa shape index (κ3) is 1.00. The number of fused-ring (bicyclic) bond motifs is 2. The Morgan fingerprint density at radius 3 is 2.14 bits per heavy atom. The fourth-order valence-corrected chi connectivity index (χ4v) is 6.16. The smallest absolute Gasteiger partial charge is 0.167 e. The van der Waals surface area contributed by atoms with E-state index < -0.39 is 14.5 Å². The molecule has 78 valence electrons. The van der Waals surface area contributed by atoms with Crippen LogP contribution < -0.4 is 0 Å². The molecule has 2 nitrogen and oxygen atoms in total. The molecule has 14 heavy (non-hydrogen) atoms. The van der Waals surface area contributed by atoms with E-state index in [9.17, 15) is 8.42 Å². The molecule has 0 radical (unpaired) electrons. The van der Waals surface area contributed by atoms with Crippen molar-refractivity contribution in [1.29, 1.82) is 0 Å². The van der Waals surface area contributed by atoms with Crippen LogP contribution in [0.3, 0.4) is 0 Å². The van der Waals surface area contributed by atoms with Gasteiger partial charge < -0.3 is 0 Å². The van der Waals surface area contributed by atoms with E-state index in [1.54, 1.807) is 0 Å². The number of hydrogen-bond donors (Lipinski definition) is 0. The number of halogens is 1. The molecule has 4 bridgehead atoms. The molecule has 2 aliphatic heterocycles. The highest BCUT2D eigenvalue weighted by atomic mass is 35.5. The van der Waals surface area contributed by atoms with Crippen LogP contribution in [0.4, 0.5) is 0 Å². The minimum absolute atomic E-state index is 0.232. The zero-order valence-electron chi connectivity index (χ0n) is 7.77. The van der Waals surface area contributed by atoms with E-state index in [1.165, 1.54) is 0 Å². The SMILES string of the molecule is O=S1(=O)CC2C3CC=CCC2C3C1Cl. The predicted molar refractivity (Wildman–Crippen MR) is 55.8 cm³/mol. The first-order valence-electron chi connectivity index (χ1n) is 5.12. The Balaban J connectivity index is 1.97. The molecule has 3 atom stereocenters. The number of hydrogen-bond acceptors (Lipinski definition) is 2. The molecule has 3 unspecified atom stereocenters. The van der Waals surface area contributed by atoms with Crippen LogP contribution in [-0.4, -0.2) is 18.9 Å². The van der Waals surface area contributed by atoms with Crippen molar-refractivity contribution in [2.24, 2.45) is 23.7 Å². The highest BCUT2D eigenvalue weighted by molar-refractivity contribution is 7.93. The van der Waals surface area contributed by atoms with Crippen molar-refractivity contribution in [1.82, 2.24) is 0 Å². The summed E-state index contributed by atoms with van der Waals surface area (Å²) in [5.74, 6) is 2.05. The zero-order chi connectivity index (χ0) is 9.92. The summed E-state index contributed by atoms with van der Waals surface area (Å²) in [4.78, 5) is 0. The summed E-state index contributed by atoms with van der Waals surface area (Å²) < 4.78 is 22.6. The fraction of sp³-hybridized carbons (Fsp3) is 0.800. The summed E-state index contributed by atoms with van der Waals surface area (Å²) in [5.41, 5.74) is 0. The van der Waals surface area contributed by atoms with Crippen molar-refractivity contribution in [3.8, 4) is 0 Å². The molecule has 0 aromatic carbocycles. The van der Waals surface area contributed by atoms with Crippen LogP contribution in [0, 0.1) is 23.7 Å². The van der Waals surface area contributed by atoms with Crippen LogP contribution >= 0.6 is 11.6 Å². The van der Waals surface area contributed by atoms with E-state index in [0.29, 0.717) is 23.5 Å². The molecule has 0 aromatic rings. The van der Waals surface area contributed by atoms with Gasteiger partial charge in [-0.3, -0.25) is 0 Å². The van der Waals surface area contributed by atoms with Gasteiger partial charge in [0, 0.05) is 0 Å². The maximum absolute atomic E-state index is 11.6. The van der Waals surface area contributed by atoms with Gasteiger partial charge in [-0.05, 0) is 36.5 Å². The first-order valence-corrected chi connectivity index (χ1v) is 7.27.